The van der Waals surface area contributed by atoms with Crippen LogP contribution < -0.4 is 0 Å². The van der Waals surface area contributed by atoms with Crippen LogP contribution in [0.15, 0.2) is 24.3 Å². The maximum atomic E-state index is 12.6. The van der Waals surface area contributed by atoms with Crippen LogP contribution in [0.1, 0.15) is 35.2 Å². The molecule has 4 heteroatoms. The second-order valence-electron chi connectivity index (χ2n) is 5.26. The normalized spacial score (nSPS) is 18.0. The van der Waals surface area contributed by atoms with Crippen molar-refractivity contribution in [2.24, 2.45) is 5.92 Å². The molecule has 1 aliphatic heterocycles. The minimum absolute atomic E-state index is 0.0212. The number of hydrogen-bond donors (Lipinski definition) is 2. The molecular weight excluding hydrogens is 266 g/mol. The van der Waals surface area contributed by atoms with E-state index in [0.29, 0.717) is 24.1 Å². The summed E-state index contributed by atoms with van der Waals surface area (Å²) in [6.45, 7) is 1.48. The average Bonchev–Trinajstić information content (AvgIpc) is 2.55. The zero-order chi connectivity index (χ0) is 15.1. The van der Waals surface area contributed by atoms with Gasteiger partial charge in [-0.25, -0.2) is 0 Å². The zero-order valence-corrected chi connectivity index (χ0v) is 12.1. The van der Waals surface area contributed by atoms with Gasteiger partial charge in [0.25, 0.3) is 5.91 Å². The summed E-state index contributed by atoms with van der Waals surface area (Å²) in [4.78, 5) is 14.4. The van der Waals surface area contributed by atoms with E-state index in [9.17, 15) is 9.90 Å². The van der Waals surface area contributed by atoms with Crippen LogP contribution in [-0.4, -0.2) is 47.3 Å². The molecule has 0 radical (unpaired) electrons. The fourth-order valence-corrected chi connectivity index (χ4v) is 2.56. The molecule has 0 aliphatic carbocycles. The highest BCUT2D eigenvalue weighted by Crippen LogP contribution is 2.19. The molecule has 1 saturated heterocycles. The van der Waals surface area contributed by atoms with Gasteiger partial charge in [-0.3, -0.25) is 4.79 Å². The number of amides is 1. The Morgan fingerprint density at radius 1 is 1.33 bits per heavy atom. The average molecular weight is 287 g/mol. The van der Waals surface area contributed by atoms with Crippen LogP contribution in [0.3, 0.4) is 0 Å². The molecule has 0 bridgehead atoms. The highest BCUT2D eigenvalue weighted by Gasteiger charge is 2.24. The van der Waals surface area contributed by atoms with Gasteiger partial charge in [0.15, 0.2) is 0 Å². The van der Waals surface area contributed by atoms with Crippen molar-refractivity contribution in [1.82, 2.24) is 4.90 Å². The van der Waals surface area contributed by atoms with E-state index in [-0.39, 0.29) is 25.0 Å². The number of aliphatic hydroxyl groups is 2. The van der Waals surface area contributed by atoms with E-state index in [1.54, 1.807) is 11.0 Å². The summed E-state index contributed by atoms with van der Waals surface area (Å²) in [7, 11) is 0. The Labute approximate surface area is 125 Å². The lowest BCUT2D eigenvalue weighted by Gasteiger charge is -2.32. The first-order valence-electron chi connectivity index (χ1n) is 7.35. The number of piperidine rings is 1. The van der Waals surface area contributed by atoms with Crippen LogP contribution in [0.5, 0.6) is 0 Å². The van der Waals surface area contributed by atoms with Crippen molar-refractivity contribution in [2.45, 2.75) is 19.3 Å². The number of nitrogens with zero attached hydrogens (tertiary/aromatic N) is 1. The van der Waals surface area contributed by atoms with Crippen LogP contribution in [0.25, 0.3) is 0 Å². The number of carbonyl (C=O) groups excluding carboxylic acids is 1. The van der Waals surface area contributed by atoms with E-state index < -0.39 is 0 Å². The third-order valence-electron chi connectivity index (χ3n) is 3.68. The Balaban J connectivity index is 2.17. The molecule has 0 aromatic heterocycles. The predicted octanol–water partition coefficient (Wildman–Crippen LogP) is 1.27. The van der Waals surface area contributed by atoms with Gasteiger partial charge < -0.3 is 15.1 Å². The van der Waals surface area contributed by atoms with Crippen LogP contribution >= 0.6 is 0 Å². The van der Waals surface area contributed by atoms with Crippen LogP contribution in [0.4, 0.5) is 0 Å². The quantitative estimate of drug-likeness (QED) is 0.823. The molecule has 1 aromatic carbocycles. The summed E-state index contributed by atoms with van der Waals surface area (Å²) >= 11 is 0. The van der Waals surface area contributed by atoms with Gasteiger partial charge in [0.05, 0.1) is 12.2 Å². The zero-order valence-electron chi connectivity index (χ0n) is 12.1. The molecule has 1 fully saturated rings. The molecule has 0 saturated carbocycles. The molecule has 0 spiro atoms. The molecule has 1 amide bonds. The number of likely N-dealkylation sites (tertiary alicyclic amines) is 1. The molecule has 1 heterocycles. The minimum atomic E-state index is -0.0259. The van der Waals surface area contributed by atoms with Crippen molar-refractivity contribution in [3.05, 3.63) is 35.4 Å². The van der Waals surface area contributed by atoms with Crippen molar-refractivity contribution in [2.75, 3.05) is 26.3 Å². The summed E-state index contributed by atoms with van der Waals surface area (Å²) in [5, 5.41) is 18.1. The molecule has 1 atom stereocenters. The first-order chi connectivity index (χ1) is 10.3. The van der Waals surface area contributed by atoms with E-state index in [4.69, 9.17) is 5.11 Å². The Kier molecular flexibility index (Phi) is 5.79. The van der Waals surface area contributed by atoms with Crippen LogP contribution in [-0.2, 0) is 0 Å². The summed E-state index contributed by atoms with van der Waals surface area (Å²) in [5.74, 6) is 5.96. The third-order valence-corrected chi connectivity index (χ3v) is 3.68. The van der Waals surface area contributed by atoms with Gasteiger partial charge in [0.2, 0.25) is 0 Å². The molecule has 1 aromatic rings. The van der Waals surface area contributed by atoms with Crippen molar-refractivity contribution < 1.29 is 15.0 Å². The second-order valence-corrected chi connectivity index (χ2v) is 5.26. The Morgan fingerprint density at radius 2 is 2.14 bits per heavy atom. The first kappa shape index (κ1) is 15.6. The fourth-order valence-electron chi connectivity index (χ4n) is 2.56. The van der Waals surface area contributed by atoms with E-state index in [2.05, 4.69) is 11.8 Å². The van der Waals surface area contributed by atoms with Crippen LogP contribution in [0.2, 0.25) is 0 Å². The minimum Gasteiger partial charge on any atom is -0.396 e. The smallest absolute Gasteiger partial charge is 0.255 e. The summed E-state index contributed by atoms with van der Waals surface area (Å²) in [5.41, 5.74) is 1.30. The summed E-state index contributed by atoms with van der Waals surface area (Å²) in [6, 6.07) is 7.29. The Morgan fingerprint density at radius 3 is 2.90 bits per heavy atom. The van der Waals surface area contributed by atoms with E-state index in [1.807, 2.05) is 18.2 Å². The van der Waals surface area contributed by atoms with Crippen molar-refractivity contribution in [3.8, 4) is 11.8 Å². The maximum absolute atomic E-state index is 12.6. The number of rotatable bonds is 3. The molecule has 2 rings (SSSR count). The lowest BCUT2D eigenvalue weighted by atomic mass is 9.97. The van der Waals surface area contributed by atoms with Gasteiger partial charge in [-0.2, -0.15) is 0 Å². The van der Waals surface area contributed by atoms with E-state index in [0.717, 1.165) is 19.4 Å². The number of hydrogen-bond acceptors (Lipinski definition) is 3. The number of carbonyl (C=O) groups is 1. The summed E-state index contributed by atoms with van der Waals surface area (Å²) < 4.78 is 0. The standard InChI is InChI=1S/C17H21NO3/c19-11-4-3-8-15-7-1-2-9-16(15)17(21)18-10-5-6-14(12-18)13-20/h1-2,7,9,14,19-20H,4-6,10-13H2. The second kappa shape index (κ2) is 7.82. The first-order valence-corrected chi connectivity index (χ1v) is 7.35. The Bertz CT molecular complexity index is 544. The maximum Gasteiger partial charge on any atom is 0.255 e. The number of aliphatic hydroxyl groups excluding tert-OH is 2. The van der Waals surface area contributed by atoms with Crippen molar-refractivity contribution in [3.63, 3.8) is 0 Å². The largest absolute Gasteiger partial charge is 0.396 e. The van der Waals surface area contributed by atoms with Gasteiger partial charge in [0, 0.05) is 31.7 Å². The third kappa shape index (κ3) is 4.07. The Hall–Kier alpha value is -1.83. The highest BCUT2D eigenvalue weighted by molar-refractivity contribution is 5.96. The molecule has 4 nitrogen and oxygen atoms in total. The number of benzene rings is 1. The van der Waals surface area contributed by atoms with Gasteiger partial charge in [-0.1, -0.05) is 24.0 Å². The monoisotopic (exact) mass is 287 g/mol. The van der Waals surface area contributed by atoms with Gasteiger partial charge >= 0.3 is 0 Å². The molecule has 21 heavy (non-hydrogen) atoms. The molecule has 2 N–H and O–H groups in total. The lowest BCUT2D eigenvalue weighted by Crippen LogP contribution is -2.41. The SMILES string of the molecule is O=C(c1ccccc1C#CCCO)N1CCCC(CO)C1. The molecule has 1 aliphatic rings. The lowest BCUT2D eigenvalue weighted by molar-refractivity contribution is 0.0620. The fraction of sp³-hybridized carbons (Fsp3) is 0.471. The molecule has 112 valence electrons. The summed E-state index contributed by atoms with van der Waals surface area (Å²) in [6.07, 6.45) is 2.30. The van der Waals surface area contributed by atoms with Crippen LogP contribution in [0, 0.1) is 17.8 Å². The van der Waals surface area contributed by atoms with Crippen molar-refractivity contribution in [1.29, 1.82) is 0 Å². The topological polar surface area (TPSA) is 60.8 Å². The van der Waals surface area contributed by atoms with Gasteiger partial charge in [-0.15, -0.1) is 0 Å². The van der Waals surface area contributed by atoms with Gasteiger partial charge in [0.1, 0.15) is 0 Å². The predicted molar refractivity (Wildman–Crippen MR) is 80.7 cm³/mol. The highest BCUT2D eigenvalue weighted by atomic mass is 16.3. The van der Waals surface area contributed by atoms with E-state index >= 15 is 0 Å². The molecular formula is C17H21NO3. The van der Waals surface area contributed by atoms with Gasteiger partial charge in [-0.05, 0) is 30.9 Å². The van der Waals surface area contributed by atoms with Crippen molar-refractivity contribution >= 4 is 5.91 Å². The van der Waals surface area contributed by atoms with E-state index in [1.165, 1.54) is 0 Å². The molecule has 1 unspecified atom stereocenters.